The fourth-order valence-corrected chi connectivity index (χ4v) is 1.43. The monoisotopic (exact) mass is 241 g/mol. The Morgan fingerprint density at radius 2 is 2.24 bits per heavy atom. The number of ether oxygens (including phenoxy) is 1. The molecule has 0 aromatic heterocycles. The molecule has 0 saturated carbocycles. The fourth-order valence-electron chi connectivity index (χ4n) is 1.43. The van der Waals surface area contributed by atoms with E-state index in [1.54, 1.807) is 11.9 Å². The van der Waals surface area contributed by atoms with Gasteiger partial charge in [0.1, 0.15) is 0 Å². The van der Waals surface area contributed by atoms with Gasteiger partial charge in [-0.2, -0.15) is 0 Å². The van der Waals surface area contributed by atoms with Crippen LogP contribution in [0.15, 0.2) is 18.2 Å². The summed E-state index contributed by atoms with van der Waals surface area (Å²) in [5.74, 6) is -0.629. The van der Waals surface area contributed by atoms with Crippen LogP contribution in [0.4, 0.5) is 4.39 Å². The molecule has 0 aliphatic heterocycles. The van der Waals surface area contributed by atoms with Crippen LogP contribution in [-0.4, -0.2) is 49.6 Å². The van der Waals surface area contributed by atoms with Gasteiger partial charge in [-0.15, -0.1) is 0 Å². The number of benzene rings is 1. The van der Waals surface area contributed by atoms with Gasteiger partial charge in [-0.05, 0) is 25.2 Å². The van der Waals surface area contributed by atoms with Crippen LogP contribution in [0, 0.1) is 5.82 Å². The number of carbonyl (C=O) groups is 1. The van der Waals surface area contributed by atoms with Crippen molar-refractivity contribution in [1.82, 2.24) is 4.90 Å². The van der Waals surface area contributed by atoms with Crippen molar-refractivity contribution >= 4 is 5.78 Å². The van der Waals surface area contributed by atoms with E-state index in [9.17, 15) is 9.18 Å². The maximum Gasteiger partial charge on any atom is 0.176 e. The van der Waals surface area contributed by atoms with E-state index >= 15 is 0 Å². The van der Waals surface area contributed by atoms with E-state index in [0.29, 0.717) is 12.1 Å². The first kappa shape index (κ1) is 13.6. The minimum absolute atomic E-state index is 0.0131. The van der Waals surface area contributed by atoms with Crippen LogP contribution in [0.1, 0.15) is 10.4 Å². The summed E-state index contributed by atoms with van der Waals surface area (Å²) in [7, 11) is 3.09. The molecule has 0 saturated heterocycles. The summed E-state index contributed by atoms with van der Waals surface area (Å²) >= 11 is 0. The summed E-state index contributed by atoms with van der Waals surface area (Å²) in [5, 5.41) is 8.70. The number of aliphatic hydroxyl groups excluding tert-OH is 1. The van der Waals surface area contributed by atoms with Crippen molar-refractivity contribution in [1.29, 1.82) is 0 Å². The Kier molecular flexibility index (Phi) is 5.06. The van der Waals surface area contributed by atoms with Crippen molar-refractivity contribution in [3.05, 3.63) is 29.6 Å². The largest absolute Gasteiger partial charge is 0.494 e. The Labute approximate surface area is 99.6 Å². The molecule has 0 fully saturated rings. The highest BCUT2D eigenvalue weighted by molar-refractivity contribution is 5.97. The molecule has 1 aromatic carbocycles. The highest BCUT2D eigenvalue weighted by atomic mass is 19.1. The molecule has 0 atom stereocenters. The van der Waals surface area contributed by atoms with E-state index < -0.39 is 5.82 Å². The lowest BCUT2D eigenvalue weighted by Gasteiger charge is -2.14. The highest BCUT2D eigenvalue weighted by Crippen LogP contribution is 2.17. The number of hydrogen-bond acceptors (Lipinski definition) is 4. The quantitative estimate of drug-likeness (QED) is 0.753. The zero-order valence-electron chi connectivity index (χ0n) is 9.94. The smallest absolute Gasteiger partial charge is 0.176 e. The highest BCUT2D eigenvalue weighted by Gasteiger charge is 2.11. The number of Topliss-reactive ketones (excluding diaryl/α,β-unsaturated/α-hetero) is 1. The van der Waals surface area contributed by atoms with Gasteiger partial charge in [-0.1, -0.05) is 0 Å². The molecule has 0 spiro atoms. The number of likely N-dealkylation sites (N-methyl/N-ethyl adjacent to an activating group) is 1. The van der Waals surface area contributed by atoms with Crippen molar-refractivity contribution in [2.45, 2.75) is 0 Å². The molecule has 0 unspecified atom stereocenters. The molecule has 5 heteroatoms. The predicted octanol–water partition coefficient (Wildman–Crippen LogP) is 0.941. The van der Waals surface area contributed by atoms with Crippen LogP contribution in [0.2, 0.25) is 0 Å². The summed E-state index contributed by atoms with van der Waals surface area (Å²) in [6.45, 7) is 0.539. The lowest BCUT2D eigenvalue weighted by Crippen LogP contribution is -2.28. The van der Waals surface area contributed by atoms with Crippen molar-refractivity contribution in [3.8, 4) is 5.75 Å². The Morgan fingerprint density at radius 1 is 1.53 bits per heavy atom. The average molecular weight is 241 g/mol. The van der Waals surface area contributed by atoms with Crippen LogP contribution in [0.5, 0.6) is 5.75 Å². The standard InChI is InChI=1S/C12H16FNO3/c1-14(5-6-15)8-11(16)9-3-4-12(17-2)10(13)7-9/h3-4,7,15H,5-6,8H2,1-2H3. The summed E-state index contributed by atoms with van der Waals surface area (Å²) in [6.07, 6.45) is 0. The van der Waals surface area contributed by atoms with E-state index in [0.717, 1.165) is 6.07 Å². The summed E-state index contributed by atoms with van der Waals surface area (Å²) in [5.41, 5.74) is 0.299. The third-order valence-corrected chi connectivity index (χ3v) is 2.37. The number of aliphatic hydroxyl groups is 1. The molecule has 94 valence electrons. The third kappa shape index (κ3) is 3.80. The number of carbonyl (C=O) groups excluding carboxylic acids is 1. The molecule has 4 nitrogen and oxygen atoms in total. The van der Waals surface area contributed by atoms with Crippen LogP contribution in [0.25, 0.3) is 0 Å². The molecule has 0 bridgehead atoms. The lowest BCUT2D eigenvalue weighted by atomic mass is 10.1. The normalized spacial score (nSPS) is 10.6. The summed E-state index contributed by atoms with van der Waals surface area (Å²) < 4.78 is 18.1. The number of halogens is 1. The minimum atomic E-state index is -0.553. The predicted molar refractivity (Wildman–Crippen MR) is 61.9 cm³/mol. The first-order valence-corrected chi connectivity index (χ1v) is 5.24. The minimum Gasteiger partial charge on any atom is -0.494 e. The second-order valence-corrected chi connectivity index (χ2v) is 3.73. The second kappa shape index (κ2) is 6.32. The van der Waals surface area contributed by atoms with Crippen LogP contribution in [0.3, 0.4) is 0 Å². The van der Waals surface area contributed by atoms with Gasteiger partial charge < -0.3 is 9.84 Å². The molecule has 0 heterocycles. The van der Waals surface area contributed by atoms with Crippen molar-refractivity contribution in [2.24, 2.45) is 0 Å². The SMILES string of the molecule is COc1ccc(C(=O)CN(C)CCO)cc1F. The maximum absolute atomic E-state index is 13.4. The van der Waals surface area contributed by atoms with Gasteiger partial charge in [0.2, 0.25) is 0 Å². The Hall–Kier alpha value is -1.46. The third-order valence-electron chi connectivity index (χ3n) is 2.37. The van der Waals surface area contributed by atoms with Gasteiger partial charge in [-0.25, -0.2) is 4.39 Å². The van der Waals surface area contributed by atoms with Gasteiger partial charge in [0.05, 0.1) is 20.3 Å². The molecule has 0 aliphatic rings. The first-order chi connectivity index (χ1) is 8.08. The first-order valence-electron chi connectivity index (χ1n) is 5.24. The molecule has 1 rings (SSSR count). The van der Waals surface area contributed by atoms with Crippen molar-refractivity contribution in [2.75, 3.05) is 33.9 Å². The Morgan fingerprint density at radius 3 is 2.76 bits per heavy atom. The molecule has 0 amide bonds. The van der Waals surface area contributed by atoms with Crippen LogP contribution in [-0.2, 0) is 0 Å². The Bertz CT molecular complexity index is 395. The van der Waals surface area contributed by atoms with Gasteiger partial charge >= 0.3 is 0 Å². The van der Waals surface area contributed by atoms with Crippen molar-refractivity contribution in [3.63, 3.8) is 0 Å². The van der Waals surface area contributed by atoms with E-state index in [4.69, 9.17) is 9.84 Å². The van der Waals surface area contributed by atoms with E-state index in [1.165, 1.54) is 19.2 Å². The topological polar surface area (TPSA) is 49.8 Å². The molecular weight excluding hydrogens is 225 g/mol. The summed E-state index contributed by atoms with van der Waals surface area (Å²) in [4.78, 5) is 13.4. The van der Waals surface area contributed by atoms with Gasteiger partial charge in [-0.3, -0.25) is 9.69 Å². The number of nitrogens with zero attached hydrogens (tertiary/aromatic N) is 1. The van der Waals surface area contributed by atoms with E-state index in [-0.39, 0.29) is 24.7 Å². The number of methoxy groups -OCH3 is 1. The van der Waals surface area contributed by atoms with Crippen molar-refractivity contribution < 1.29 is 19.0 Å². The molecule has 0 aliphatic carbocycles. The molecular formula is C12H16FNO3. The fraction of sp³-hybridized carbons (Fsp3) is 0.417. The zero-order valence-corrected chi connectivity index (χ0v) is 9.94. The molecule has 1 N–H and O–H groups in total. The number of ketones is 1. The molecule has 17 heavy (non-hydrogen) atoms. The molecule has 1 aromatic rings. The van der Waals surface area contributed by atoms with Crippen LogP contribution < -0.4 is 4.74 Å². The molecule has 0 radical (unpaired) electrons. The van der Waals surface area contributed by atoms with Gasteiger partial charge in [0.15, 0.2) is 17.3 Å². The lowest BCUT2D eigenvalue weighted by molar-refractivity contribution is 0.0935. The van der Waals surface area contributed by atoms with E-state index in [2.05, 4.69) is 0 Å². The zero-order chi connectivity index (χ0) is 12.8. The van der Waals surface area contributed by atoms with Gasteiger partial charge in [0.25, 0.3) is 0 Å². The summed E-state index contributed by atoms with van der Waals surface area (Å²) in [6, 6.07) is 4.11. The maximum atomic E-state index is 13.4. The Balaban J connectivity index is 2.72. The van der Waals surface area contributed by atoms with Gasteiger partial charge in [0, 0.05) is 12.1 Å². The average Bonchev–Trinajstić information content (AvgIpc) is 2.29. The number of rotatable bonds is 6. The number of hydrogen-bond donors (Lipinski definition) is 1. The second-order valence-electron chi connectivity index (χ2n) is 3.73. The van der Waals surface area contributed by atoms with Crippen LogP contribution >= 0.6 is 0 Å². The van der Waals surface area contributed by atoms with E-state index in [1.807, 2.05) is 0 Å².